The van der Waals surface area contributed by atoms with E-state index in [1.807, 2.05) is 61.7 Å². The third-order valence-corrected chi connectivity index (χ3v) is 6.16. The number of hydrogen-bond donors (Lipinski definition) is 0. The third-order valence-electron chi connectivity index (χ3n) is 5.29. The highest BCUT2D eigenvalue weighted by atomic mass is 32.1. The molecular weight excluding hydrogens is 396 g/mol. The minimum atomic E-state index is -0.896. The fourth-order valence-corrected chi connectivity index (χ4v) is 4.83. The number of carbonyl (C=O) groups excluding carboxylic acids is 1. The maximum absolute atomic E-state index is 13.7. The van der Waals surface area contributed by atoms with Crippen LogP contribution in [0.4, 0.5) is 0 Å². The van der Waals surface area contributed by atoms with Gasteiger partial charge in [0.15, 0.2) is 6.04 Å². The van der Waals surface area contributed by atoms with Crippen LogP contribution >= 0.6 is 11.3 Å². The van der Waals surface area contributed by atoms with Gasteiger partial charge in [-0.05, 0) is 37.5 Å². The molecule has 2 aromatic heterocycles. The molecule has 4 rings (SSSR count). The zero-order valence-electron chi connectivity index (χ0n) is 17.3. The molecule has 30 heavy (non-hydrogen) atoms. The second-order valence-corrected chi connectivity index (χ2v) is 8.18. The van der Waals surface area contributed by atoms with E-state index >= 15 is 0 Å². The molecule has 0 radical (unpaired) electrons. The number of thiophene rings is 1. The maximum atomic E-state index is 13.7. The fourth-order valence-electron chi connectivity index (χ4n) is 3.86. The van der Waals surface area contributed by atoms with Crippen LogP contribution in [0.5, 0.6) is 0 Å². The minimum absolute atomic E-state index is 0.243. The lowest BCUT2D eigenvalue weighted by Crippen LogP contribution is -2.33. The molecule has 5 nitrogen and oxygen atoms in total. The number of ether oxygens (including phenoxy) is 1. The standard InChI is InChI=1S/C24H22N2O3S/c1-14-10-11-18(15(2)12-14)19-13-30-22-20(19)23(27)26(16(3)25-22)21(24(28)29-4)17-8-6-5-7-9-17/h5-13,21H,1-4H3. The van der Waals surface area contributed by atoms with Crippen LogP contribution in [0.15, 0.2) is 58.7 Å². The van der Waals surface area contributed by atoms with E-state index in [0.29, 0.717) is 21.6 Å². The second kappa shape index (κ2) is 7.88. The maximum Gasteiger partial charge on any atom is 0.333 e. The van der Waals surface area contributed by atoms with E-state index in [1.165, 1.54) is 23.0 Å². The van der Waals surface area contributed by atoms with Crippen LogP contribution in [0, 0.1) is 20.8 Å². The van der Waals surface area contributed by atoms with Gasteiger partial charge in [-0.15, -0.1) is 11.3 Å². The Morgan fingerprint density at radius 3 is 2.47 bits per heavy atom. The van der Waals surface area contributed by atoms with Crippen molar-refractivity contribution >= 4 is 27.5 Å². The summed E-state index contributed by atoms with van der Waals surface area (Å²) in [6, 6.07) is 14.4. The Hall–Kier alpha value is -3.25. The second-order valence-electron chi connectivity index (χ2n) is 7.32. The molecule has 0 amide bonds. The molecule has 0 saturated heterocycles. The van der Waals surface area contributed by atoms with Gasteiger partial charge in [-0.3, -0.25) is 9.36 Å². The quantitative estimate of drug-likeness (QED) is 0.446. The summed E-state index contributed by atoms with van der Waals surface area (Å²) in [6.07, 6.45) is 0. The van der Waals surface area contributed by atoms with E-state index in [0.717, 1.165) is 22.3 Å². The van der Waals surface area contributed by atoms with Gasteiger partial charge in [0.25, 0.3) is 5.56 Å². The summed E-state index contributed by atoms with van der Waals surface area (Å²) in [7, 11) is 1.33. The van der Waals surface area contributed by atoms with Crippen LogP contribution in [0.3, 0.4) is 0 Å². The molecule has 0 N–H and O–H groups in total. The molecule has 6 heteroatoms. The Balaban J connectivity index is 2.02. The van der Waals surface area contributed by atoms with E-state index in [-0.39, 0.29) is 5.56 Å². The monoisotopic (exact) mass is 418 g/mol. The molecule has 0 spiro atoms. The molecule has 1 atom stereocenters. The highest BCUT2D eigenvalue weighted by Crippen LogP contribution is 2.34. The smallest absolute Gasteiger partial charge is 0.333 e. The Morgan fingerprint density at radius 2 is 1.80 bits per heavy atom. The van der Waals surface area contributed by atoms with Crippen LogP contribution in [-0.4, -0.2) is 22.6 Å². The Kier molecular flexibility index (Phi) is 5.26. The number of hydrogen-bond acceptors (Lipinski definition) is 5. The number of aryl methyl sites for hydroxylation is 3. The predicted octanol–water partition coefficient (Wildman–Crippen LogP) is 4.81. The third kappa shape index (κ3) is 3.33. The average Bonchev–Trinajstić information content (AvgIpc) is 3.14. The van der Waals surface area contributed by atoms with Crippen molar-refractivity contribution in [1.82, 2.24) is 9.55 Å². The van der Waals surface area contributed by atoms with E-state index in [1.54, 1.807) is 6.92 Å². The number of fused-ring (bicyclic) bond motifs is 1. The van der Waals surface area contributed by atoms with E-state index < -0.39 is 12.0 Å². The summed E-state index contributed by atoms with van der Waals surface area (Å²) in [5, 5.41) is 2.50. The Labute approximate surface area is 178 Å². The van der Waals surface area contributed by atoms with Crippen LogP contribution < -0.4 is 5.56 Å². The molecule has 2 aromatic carbocycles. The van der Waals surface area contributed by atoms with Gasteiger partial charge in [0.05, 0.1) is 12.5 Å². The van der Waals surface area contributed by atoms with Crippen molar-refractivity contribution < 1.29 is 9.53 Å². The van der Waals surface area contributed by atoms with E-state index in [2.05, 4.69) is 11.1 Å². The van der Waals surface area contributed by atoms with Gasteiger partial charge in [0, 0.05) is 10.9 Å². The molecule has 0 bridgehead atoms. The van der Waals surface area contributed by atoms with Crippen LogP contribution in [-0.2, 0) is 9.53 Å². The first-order valence-corrected chi connectivity index (χ1v) is 10.5. The van der Waals surface area contributed by atoms with Gasteiger partial charge in [-0.2, -0.15) is 0 Å². The van der Waals surface area contributed by atoms with Crippen LogP contribution in [0.2, 0.25) is 0 Å². The topological polar surface area (TPSA) is 61.2 Å². The zero-order valence-corrected chi connectivity index (χ0v) is 18.1. The summed E-state index contributed by atoms with van der Waals surface area (Å²) in [5.74, 6) is -0.0309. The lowest BCUT2D eigenvalue weighted by molar-refractivity contribution is -0.143. The number of esters is 1. The van der Waals surface area contributed by atoms with Gasteiger partial charge in [-0.1, -0.05) is 54.1 Å². The van der Waals surface area contributed by atoms with Gasteiger partial charge in [0.1, 0.15) is 10.7 Å². The first kappa shape index (κ1) is 20.0. The number of aromatic nitrogens is 2. The lowest BCUT2D eigenvalue weighted by atomic mass is 9.99. The molecule has 4 aromatic rings. The van der Waals surface area contributed by atoms with Crippen molar-refractivity contribution in [2.24, 2.45) is 0 Å². The Morgan fingerprint density at radius 1 is 1.07 bits per heavy atom. The lowest BCUT2D eigenvalue weighted by Gasteiger charge is -2.20. The normalized spacial score (nSPS) is 12.1. The van der Waals surface area contributed by atoms with Crippen molar-refractivity contribution in [1.29, 1.82) is 0 Å². The molecule has 0 aliphatic carbocycles. The van der Waals surface area contributed by atoms with Crippen molar-refractivity contribution in [2.75, 3.05) is 7.11 Å². The molecule has 1 unspecified atom stereocenters. The fraction of sp³-hybridized carbons (Fsp3) is 0.208. The first-order chi connectivity index (χ1) is 14.4. The van der Waals surface area contributed by atoms with E-state index in [4.69, 9.17) is 4.74 Å². The molecular formula is C24H22N2O3S. The van der Waals surface area contributed by atoms with E-state index in [9.17, 15) is 9.59 Å². The molecule has 0 saturated carbocycles. The molecule has 0 aliphatic rings. The van der Waals surface area contributed by atoms with Crippen molar-refractivity contribution in [3.8, 4) is 11.1 Å². The summed E-state index contributed by atoms with van der Waals surface area (Å²) >= 11 is 1.44. The summed E-state index contributed by atoms with van der Waals surface area (Å²) in [6.45, 7) is 5.82. The minimum Gasteiger partial charge on any atom is -0.467 e. The number of benzene rings is 2. The van der Waals surface area contributed by atoms with Crippen molar-refractivity contribution in [3.63, 3.8) is 0 Å². The number of nitrogens with zero attached hydrogens (tertiary/aromatic N) is 2. The number of carbonyl (C=O) groups is 1. The van der Waals surface area contributed by atoms with Crippen molar-refractivity contribution in [2.45, 2.75) is 26.8 Å². The Bertz CT molecular complexity index is 1310. The van der Waals surface area contributed by atoms with Gasteiger partial charge in [0.2, 0.25) is 0 Å². The SMILES string of the molecule is COC(=O)C(c1ccccc1)n1c(C)nc2scc(-c3ccc(C)cc3C)c2c1=O. The summed E-state index contributed by atoms with van der Waals surface area (Å²) in [4.78, 5) is 31.8. The first-order valence-electron chi connectivity index (χ1n) is 9.63. The van der Waals surface area contributed by atoms with Crippen molar-refractivity contribution in [3.05, 3.63) is 86.8 Å². The molecule has 0 fully saturated rings. The molecule has 152 valence electrons. The highest BCUT2D eigenvalue weighted by Gasteiger charge is 2.28. The van der Waals surface area contributed by atoms with Gasteiger partial charge < -0.3 is 4.74 Å². The number of rotatable bonds is 4. The van der Waals surface area contributed by atoms with Crippen LogP contribution in [0.1, 0.15) is 28.6 Å². The average molecular weight is 419 g/mol. The molecule has 2 heterocycles. The highest BCUT2D eigenvalue weighted by molar-refractivity contribution is 7.17. The molecule has 0 aliphatic heterocycles. The number of methoxy groups -OCH3 is 1. The summed E-state index contributed by atoms with van der Waals surface area (Å²) < 4.78 is 6.50. The van der Waals surface area contributed by atoms with Gasteiger partial charge in [-0.25, -0.2) is 9.78 Å². The zero-order chi connectivity index (χ0) is 21.4. The largest absolute Gasteiger partial charge is 0.467 e. The predicted molar refractivity (Wildman–Crippen MR) is 120 cm³/mol. The summed E-state index contributed by atoms with van der Waals surface area (Å²) in [5.41, 5.74) is 4.53. The van der Waals surface area contributed by atoms with Gasteiger partial charge >= 0.3 is 5.97 Å². The van der Waals surface area contributed by atoms with Crippen LogP contribution in [0.25, 0.3) is 21.3 Å².